The zero-order valence-corrected chi connectivity index (χ0v) is 17.6. The first-order valence-electron chi connectivity index (χ1n) is 10.9. The van der Waals surface area contributed by atoms with Crippen LogP contribution in [-0.2, 0) is 27.9 Å². The monoisotopic (exact) mass is 469 g/mol. The highest BCUT2D eigenvalue weighted by Crippen LogP contribution is 2.49. The first kappa shape index (κ1) is 22.3. The SMILES string of the molecule is Oc1cc(C(F)(F)F)cc(F)c1-c1nnc(N[C@@H]2CCCC[C@H]2O)c2c1COC21CCOC1. The Morgan fingerprint density at radius 1 is 1.15 bits per heavy atom. The van der Waals surface area contributed by atoms with E-state index in [1.165, 1.54) is 0 Å². The number of anilines is 1. The van der Waals surface area contributed by atoms with Crippen LogP contribution in [0.15, 0.2) is 12.1 Å². The first-order chi connectivity index (χ1) is 15.7. The smallest absolute Gasteiger partial charge is 0.416 e. The van der Waals surface area contributed by atoms with Gasteiger partial charge in [-0.2, -0.15) is 13.2 Å². The quantitative estimate of drug-likeness (QED) is 0.588. The predicted molar refractivity (Wildman–Crippen MR) is 108 cm³/mol. The number of aromatic nitrogens is 2. The van der Waals surface area contributed by atoms with Crippen LogP contribution in [0.1, 0.15) is 48.8 Å². The molecule has 3 aliphatic rings. The van der Waals surface area contributed by atoms with Crippen molar-refractivity contribution in [3.63, 3.8) is 0 Å². The molecule has 178 valence electrons. The lowest BCUT2D eigenvalue weighted by atomic mass is 9.88. The van der Waals surface area contributed by atoms with Crippen LogP contribution in [0.3, 0.4) is 0 Å². The molecule has 1 saturated heterocycles. The van der Waals surface area contributed by atoms with E-state index in [0.717, 1.165) is 19.3 Å². The summed E-state index contributed by atoms with van der Waals surface area (Å²) in [5.41, 5.74) is -1.69. The minimum Gasteiger partial charge on any atom is -0.507 e. The van der Waals surface area contributed by atoms with Crippen molar-refractivity contribution in [3.8, 4) is 17.0 Å². The molecule has 1 unspecified atom stereocenters. The van der Waals surface area contributed by atoms with Crippen molar-refractivity contribution in [2.45, 2.75) is 62.6 Å². The van der Waals surface area contributed by atoms with Gasteiger partial charge in [0.25, 0.3) is 0 Å². The molecule has 0 bridgehead atoms. The average Bonchev–Trinajstić information content (AvgIpc) is 3.38. The number of nitrogens with one attached hydrogen (secondary N) is 1. The van der Waals surface area contributed by atoms with Gasteiger partial charge in [-0.1, -0.05) is 12.8 Å². The molecule has 2 aliphatic heterocycles. The number of phenolic OH excluding ortho intramolecular Hbond substituents is 1. The summed E-state index contributed by atoms with van der Waals surface area (Å²) < 4.78 is 65.6. The maximum absolute atomic E-state index is 14.8. The molecule has 5 rings (SSSR count). The summed E-state index contributed by atoms with van der Waals surface area (Å²) in [7, 11) is 0. The number of aliphatic hydroxyl groups is 1. The van der Waals surface area contributed by atoms with Crippen LogP contribution in [0.5, 0.6) is 5.75 Å². The molecule has 33 heavy (non-hydrogen) atoms. The van der Waals surface area contributed by atoms with Crippen molar-refractivity contribution in [3.05, 3.63) is 34.6 Å². The van der Waals surface area contributed by atoms with Gasteiger partial charge in [0.05, 0.1) is 36.5 Å². The second kappa shape index (κ2) is 8.07. The van der Waals surface area contributed by atoms with Gasteiger partial charge in [-0.15, -0.1) is 10.2 Å². The van der Waals surface area contributed by atoms with Crippen molar-refractivity contribution < 1.29 is 37.2 Å². The summed E-state index contributed by atoms with van der Waals surface area (Å²) in [4.78, 5) is 0. The normalized spacial score (nSPS) is 27.2. The molecule has 11 heteroatoms. The summed E-state index contributed by atoms with van der Waals surface area (Å²) >= 11 is 0. The van der Waals surface area contributed by atoms with Crippen LogP contribution in [0.25, 0.3) is 11.3 Å². The molecular weight excluding hydrogens is 446 g/mol. The number of nitrogens with zero attached hydrogens (tertiary/aromatic N) is 2. The molecular formula is C22H23F4N3O4. The lowest BCUT2D eigenvalue weighted by Gasteiger charge is -2.31. The fraction of sp³-hybridized carbons (Fsp3) is 0.545. The minimum atomic E-state index is -4.81. The highest BCUT2D eigenvalue weighted by atomic mass is 19.4. The van der Waals surface area contributed by atoms with Gasteiger partial charge in [0.1, 0.15) is 22.9 Å². The van der Waals surface area contributed by atoms with Crippen LogP contribution in [0.2, 0.25) is 0 Å². The number of phenols is 1. The molecule has 1 spiro atoms. The maximum Gasteiger partial charge on any atom is 0.416 e. The van der Waals surface area contributed by atoms with Gasteiger partial charge in [-0.05, 0) is 25.0 Å². The van der Waals surface area contributed by atoms with Crippen LogP contribution >= 0.6 is 0 Å². The highest BCUT2D eigenvalue weighted by molar-refractivity contribution is 5.74. The Morgan fingerprint density at radius 3 is 2.61 bits per heavy atom. The Hall–Kier alpha value is -2.50. The lowest BCUT2D eigenvalue weighted by Crippen LogP contribution is -2.38. The molecule has 1 saturated carbocycles. The Balaban J connectivity index is 1.62. The molecule has 2 aromatic rings. The summed E-state index contributed by atoms with van der Waals surface area (Å²) in [5, 5.41) is 32.3. The standard InChI is InChI=1S/C22H23F4N3O4/c23-13-7-11(22(24,25)26)8-16(31)17(13)19-12-9-33-21(5-6-32-10-21)18(12)20(29-28-19)27-14-3-1-2-4-15(14)30/h7-8,14-15,30-31H,1-6,9-10H2,(H,27,29)/t14-,15-,21?/m1/s1. The van der Waals surface area contributed by atoms with Crippen LogP contribution < -0.4 is 5.32 Å². The van der Waals surface area contributed by atoms with Crippen molar-refractivity contribution in [2.24, 2.45) is 0 Å². The van der Waals surface area contributed by atoms with Gasteiger partial charge in [0.15, 0.2) is 5.82 Å². The van der Waals surface area contributed by atoms with E-state index < -0.39 is 40.6 Å². The molecule has 3 atom stereocenters. The Morgan fingerprint density at radius 2 is 1.94 bits per heavy atom. The number of benzene rings is 1. The second-order valence-electron chi connectivity index (χ2n) is 8.79. The van der Waals surface area contributed by atoms with E-state index in [2.05, 4.69) is 15.5 Å². The summed E-state index contributed by atoms with van der Waals surface area (Å²) in [6.07, 6.45) is -1.61. The average molecular weight is 469 g/mol. The van der Waals surface area contributed by atoms with Crippen molar-refractivity contribution >= 4 is 5.82 Å². The van der Waals surface area contributed by atoms with Gasteiger partial charge in [-0.25, -0.2) is 4.39 Å². The molecule has 2 fully saturated rings. The summed E-state index contributed by atoms with van der Waals surface area (Å²) in [6.45, 7) is 0.669. The fourth-order valence-electron chi connectivity index (χ4n) is 4.99. The third-order valence-electron chi connectivity index (χ3n) is 6.69. The topological polar surface area (TPSA) is 96.7 Å². The van der Waals surface area contributed by atoms with Gasteiger partial charge >= 0.3 is 6.18 Å². The van der Waals surface area contributed by atoms with E-state index in [0.29, 0.717) is 48.5 Å². The largest absolute Gasteiger partial charge is 0.507 e. The van der Waals surface area contributed by atoms with E-state index in [9.17, 15) is 27.8 Å². The number of ether oxygens (including phenoxy) is 2. The van der Waals surface area contributed by atoms with E-state index in [4.69, 9.17) is 9.47 Å². The molecule has 3 heterocycles. The van der Waals surface area contributed by atoms with Gasteiger partial charge in [0.2, 0.25) is 0 Å². The highest BCUT2D eigenvalue weighted by Gasteiger charge is 2.48. The number of hydrogen-bond acceptors (Lipinski definition) is 7. The van der Waals surface area contributed by atoms with Gasteiger partial charge in [0, 0.05) is 24.2 Å². The second-order valence-corrected chi connectivity index (χ2v) is 8.79. The number of hydrogen-bond donors (Lipinski definition) is 3. The number of fused-ring (bicyclic) bond motifs is 2. The van der Waals surface area contributed by atoms with Crippen LogP contribution in [-0.4, -0.2) is 45.8 Å². The van der Waals surface area contributed by atoms with Gasteiger partial charge < -0.3 is 25.0 Å². The van der Waals surface area contributed by atoms with Crippen LogP contribution in [0.4, 0.5) is 23.4 Å². The zero-order chi connectivity index (χ0) is 23.4. The van der Waals surface area contributed by atoms with Crippen molar-refractivity contribution in [1.82, 2.24) is 10.2 Å². The number of aliphatic hydroxyl groups excluding tert-OH is 1. The fourth-order valence-corrected chi connectivity index (χ4v) is 4.99. The van der Waals surface area contributed by atoms with E-state index in [-0.39, 0.29) is 24.9 Å². The van der Waals surface area contributed by atoms with E-state index in [1.807, 2.05) is 0 Å². The van der Waals surface area contributed by atoms with Crippen molar-refractivity contribution in [1.29, 1.82) is 0 Å². The van der Waals surface area contributed by atoms with Crippen molar-refractivity contribution in [2.75, 3.05) is 18.5 Å². The number of alkyl halides is 3. The molecule has 3 N–H and O–H groups in total. The number of aromatic hydroxyl groups is 1. The van der Waals surface area contributed by atoms with E-state index >= 15 is 0 Å². The lowest BCUT2D eigenvalue weighted by molar-refractivity contribution is -0.137. The van der Waals surface area contributed by atoms with E-state index in [1.54, 1.807) is 0 Å². The molecule has 7 nitrogen and oxygen atoms in total. The number of rotatable bonds is 3. The predicted octanol–water partition coefficient (Wildman–Crippen LogP) is 3.87. The third-order valence-corrected chi connectivity index (χ3v) is 6.69. The zero-order valence-electron chi connectivity index (χ0n) is 17.6. The maximum atomic E-state index is 14.8. The molecule has 1 aliphatic carbocycles. The molecule has 1 aromatic heterocycles. The Labute approximate surface area is 186 Å². The Bertz CT molecular complexity index is 1050. The minimum absolute atomic E-state index is 0.00531. The first-order valence-corrected chi connectivity index (χ1v) is 10.9. The number of halogens is 4. The van der Waals surface area contributed by atoms with Gasteiger partial charge in [-0.3, -0.25) is 0 Å². The Kier molecular flexibility index (Phi) is 5.45. The summed E-state index contributed by atoms with van der Waals surface area (Å²) in [5.74, 6) is -1.77. The molecule has 0 amide bonds. The summed E-state index contributed by atoms with van der Waals surface area (Å²) in [6, 6.07) is 0.554. The molecule has 0 radical (unpaired) electrons. The third kappa shape index (κ3) is 3.81. The van der Waals surface area contributed by atoms with Crippen LogP contribution in [0, 0.1) is 5.82 Å². The molecule has 1 aromatic carbocycles.